The van der Waals surface area contributed by atoms with Gasteiger partial charge in [0.1, 0.15) is 6.04 Å². The van der Waals surface area contributed by atoms with Crippen LogP contribution in [0.25, 0.3) is 0 Å². The standard InChI is InChI=1S/C9H16N2O4/c1-5(12)11-8(9(14)15)4-10-6-2-7(13)3-6/h6-8,10,13H,2-4H2,1H3,(H,11,12)(H,14,15). The van der Waals surface area contributed by atoms with E-state index in [4.69, 9.17) is 10.2 Å². The monoisotopic (exact) mass is 216 g/mol. The predicted molar refractivity (Wildman–Crippen MR) is 52.3 cm³/mol. The number of aliphatic carboxylic acids is 1. The molecule has 0 aliphatic heterocycles. The average molecular weight is 216 g/mol. The van der Waals surface area contributed by atoms with Crippen LogP contribution >= 0.6 is 0 Å². The van der Waals surface area contributed by atoms with Crippen LogP contribution in [0, 0.1) is 0 Å². The molecule has 0 aromatic carbocycles. The second-order valence-electron chi connectivity index (χ2n) is 3.82. The van der Waals surface area contributed by atoms with Gasteiger partial charge in [0.25, 0.3) is 0 Å². The molecule has 1 amide bonds. The average Bonchev–Trinajstić information content (AvgIpc) is 2.07. The molecule has 4 N–H and O–H groups in total. The highest BCUT2D eigenvalue weighted by Crippen LogP contribution is 2.18. The fourth-order valence-electron chi connectivity index (χ4n) is 1.48. The summed E-state index contributed by atoms with van der Waals surface area (Å²) < 4.78 is 0. The number of nitrogens with one attached hydrogen (secondary N) is 2. The number of aliphatic hydroxyl groups is 1. The van der Waals surface area contributed by atoms with Gasteiger partial charge in [-0.05, 0) is 12.8 Å². The first-order valence-corrected chi connectivity index (χ1v) is 4.90. The topological polar surface area (TPSA) is 98.7 Å². The summed E-state index contributed by atoms with van der Waals surface area (Å²) in [5.74, 6) is -1.42. The number of hydrogen-bond acceptors (Lipinski definition) is 4. The van der Waals surface area contributed by atoms with Crippen LogP contribution in [0.3, 0.4) is 0 Å². The van der Waals surface area contributed by atoms with Gasteiger partial charge in [0.05, 0.1) is 6.10 Å². The first-order valence-electron chi connectivity index (χ1n) is 4.90. The van der Waals surface area contributed by atoms with Crippen molar-refractivity contribution in [2.24, 2.45) is 0 Å². The van der Waals surface area contributed by atoms with Gasteiger partial charge in [0.2, 0.25) is 5.91 Å². The minimum atomic E-state index is -1.06. The van der Waals surface area contributed by atoms with Crippen LogP contribution in [-0.2, 0) is 9.59 Å². The Balaban J connectivity index is 2.25. The Morgan fingerprint density at radius 2 is 2.07 bits per heavy atom. The fraction of sp³-hybridized carbons (Fsp3) is 0.778. The van der Waals surface area contributed by atoms with Crippen LogP contribution in [0.4, 0.5) is 0 Å². The van der Waals surface area contributed by atoms with E-state index in [1.807, 2.05) is 0 Å². The highest BCUT2D eigenvalue weighted by molar-refractivity contribution is 5.82. The molecular weight excluding hydrogens is 200 g/mol. The van der Waals surface area contributed by atoms with E-state index >= 15 is 0 Å². The maximum absolute atomic E-state index is 10.7. The Kier molecular flexibility index (Phi) is 4.05. The zero-order valence-corrected chi connectivity index (χ0v) is 8.56. The number of carboxylic acid groups (broad SMARTS) is 1. The van der Waals surface area contributed by atoms with Gasteiger partial charge in [-0.2, -0.15) is 0 Å². The summed E-state index contributed by atoms with van der Waals surface area (Å²) in [6.45, 7) is 1.47. The lowest BCUT2D eigenvalue weighted by Gasteiger charge is -2.33. The molecule has 0 bridgehead atoms. The molecule has 0 saturated heterocycles. The smallest absolute Gasteiger partial charge is 0.327 e. The molecule has 0 spiro atoms. The van der Waals surface area contributed by atoms with Crippen molar-refractivity contribution in [3.63, 3.8) is 0 Å². The van der Waals surface area contributed by atoms with Crippen LogP contribution < -0.4 is 10.6 Å². The summed E-state index contributed by atoms with van der Waals surface area (Å²) in [6, 6.07) is -0.740. The zero-order chi connectivity index (χ0) is 11.4. The zero-order valence-electron chi connectivity index (χ0n) is 8.56. The van der Waals surface area contributed by atoms with Crippen molar-refractivity contribution in [2.75, 3.05) is 6.54 Å². The Bertz CT molecular complexity index is 250. The number of rotatable bonds is 5. The number of aliphatic hydroxyl groups excluding tert-OH is 1. The molecular formula is C9H16N2O4. The van der Waals surface area contributed by atoms with Gasteiger partial charge in [-0.1, -0.05) is 0 Å². The minimum absolute atomic E-state index is 0.163. The van der Waals surface area contributed by atoms with Crippen LogP contribution in [0.2, 0.25) is 0 Å². The van der Waals surface area contributed by atoms with Crippen LogP contribution in [0.1, 0.15) is 19.8 Å². The summed E-state index contributed by atoms with van der Waals surface area (Å²) in [5.41, 5.74) is 0. The lowest BCUT2D eigenvalue weighted by atomic mass is 9.89. The molecule has 1 unspecified atom stereocenters. The highest BCUT2D eigenvalue weighted by Gasteiger charge is 2.28. The molecule has 1 fully saturated rings. The van der Waals surface area contributed by atoms with Gasteiger partial charge in [0, 0.05) is 19.5 Å². The Morgan fingerprint density at radius 1 is 1.47 bits per heavy atom. The molecule has 1 saturated carbocycles. The SMILES string of the molecule is CC(=O)NC(CNC1CC(O)C1)C(=O)O. The summed E-state index contributed by atoms with van der Waals surface area (Å²) in [7, 11) is 0. The summed E-state index contributed by atoms with van der Waals surface area (Å²) >= 11 is 0. The molecule has 0 aromatic rings. The summed E-state index contributed by atoms with van der Waals surface area (Å²) in [4.78, 5) is 21.4. The predicted octanol–water partition coefficient (Wildman–Crippen LogP) is -1.31. The van der Waals surface area contributed by atoms with Crippen molar-refractivity contribution >= 4 is 11.9 Å². The molecule has 0 heterocycles. The van der Waals surface area contributed by atoms with E-state index in [0.717, 1.165) is 0 Å². The largest absolute Gasteiger partial charge is 0.480 e. The van der Waals surface area contributed by atoms with Gasteiger partial charge in [-0.3, -0.25) is 4.79 Å². The lowest BCUT2D eigenvalue weighted by molar-refractivity contribution is -0.141. The van der Waals surface area contributed by atoms with Crippen molar-refractivity contribution < 1.29 is 19.8 Å². The van der Waals surface area contributed by atoms with E-state index in [1.165, 1.54) is 6.92 Å². The van der Waals surface area contributed by atoms with Gasteiger partial charge in [-0.25, -0.2) is 4.79 Å². The minimum Gasteiger partial charge on any atom is -0.480 e. The van der Waals surface area contributed by atoms with Crippen molar-refractivity contribution in [3.05, 3.63) is 0 Å². The number of amides is 1. The van der Waals surface area contributed by atoms with Crippen molar-refractivity contribution in [1.29, 1.82) is 0 Å². The van der Waals surface area contributed by atoms with E-state index in [2.05, 4.69) is 10.6 Å². The molecule has 1 aliphatic carbocycles. The first kappa shape index (κ1) is 11.9. The Hall–Kier alpha value is -1.14. The van der Waals surface area contributed by atoms with E-state index in [1.54, 1.807) is 0 Å². The molecule has 0 aromatic heterocycles. The van der Waals surface area contributed by atoms with E-state index < -0.39 is 12.0 Å². The van der Waals surface area contributed by atoms with Crippen molar-refractivity contribution in [2.45, 2.75) is 38.0 Å². The van der Waals surface area contributed by atoms with Crippen molar-refractivity contribution in [3.8, 4) is 0 Å². The summed E-state index contributed by atoms with van der Waals surface area (Å²) in [5, 5.41) is 23.1. The Morgan fingerprint density at radius 3 is 2.47 bits per heavy atom. The van der Waals surface area contributed by atoms with E-state index in [9.17, 15) is 9.59 Å². The summed E-state index contributed by atoms with van der Waals surface area (Å²) in [6.07, 6.45) is 1.02. The van der Waals surface area contributed by atoms with Gasteiger partial charge in [0.15, 0.2) is 0 Å². The molecule has 86 valence electrons. The molecule has 6 heteroatoms. The van der Waals surface area contributed by atoms with Crippen LogP contribution in [0.15, 0.2) is 0 Å². The molecule has 1 aliphatic rings. The number of carboxylic acids is 1. The van der Waals surface area contributed by atoms with Gasteiger partial charge in [-0.15, -0.1) is 0 Å². The molecule has 15 heavy (non-hydrogen) atoms. The third kappa shape index (κ3) is 3.85. The number of carbonyl (C=O) groups excluding carboxylic acids is 1. The van der Waals surface area contributed by atoms with E-state index in [0.29, 0.717) is 12.8 Å². The maximum Gasteiger partial charge on any atom is 0.327 e. The van der Waals surface area contributed by atoms with Crippen LogP contribution in [0.5, 0.6) is 0 Å². The number of carbonyl (C=O) groups is 2. The Labute approximate surface area is 87.7 Å². The third-order valence-electron chi connectivity index (χ3n) is 2.40. The first-order chi connectivity index (χ1) is 6.99. The fourth-order valence-corrected chi connectivity index (χ4v) is 1.48. The quantitative estimate of drug-likeness (QED) is 0.457. The van der Waals surface area contributed by atoms with E-state index in [-0.39, 0.29) is 24.6 Å². The molecule has 1 atom stereocenters. The maximum atomic E-state index is 10.7. The van der Waals surface area contributed by atoms with Gasteiger partial charge < -0.3 is 20.8 Å². The van der Waals surface area contributed by atoms with Crippen molar-refractivity contribution in [1.82, 2.24) is 10.6 Å². The third-order valence-corrected chi connectivity index (χ3v) is 2.40. The number of hydrogen-bond donors (Lipinski definition) is 4. The normalized spacial score (nSPS) is 26.5. The lowest BCUT2D eigenvalue weighted by Crippen LogP contribution is -2.52. The van der Waals surface area contributed by atoms with Gasteiger partial charge >= 0.3 is 5.97 Å². The second-order valence-corrected chi connectivity index (χ2v) is 3.82. The molecule has 6 nitrogen and oxygen atoms in total. The highest BCUT2D eigenvalue weighted by atomic mass is 16.4. The molecule has 1 rings (SSSR count). The molecule has 0 radical (unpaired) electrons. The van der Waals surface area contributed by atoms with Crippen LogP contribution in [-0.4, -0.2) is 46.8 Å². The second kappa shape index (κ2) is 5.09.